The number of hydrogen-bond acceptors (Lipinski definition) is 4. The standard InChI is InChI=1S/C16H23ClN2O2/c1-2-13-12(11-19-6-4-18-5-7-19)10-14(17)16-15(13)20-8-3-9-21-16/h10,18H,2-9,11H2,1H3. The van der Waals surface area contributed by atoms with E-state index < -0.39 is 0 Å². The fourth-order valence-electron chi connectivity index (χ4n) is 3.03. The Bertz CT molecular complexity index is 502. The first kappa shape index (κ1) is 14.9. The molecule has 2 aliphatic heterocycles. The van der Waals surface area contributed by atoms with Crippen molar-refractivity contribution >= 4 is 11.6 Å². The van der Waals surface area contributed by atoms with Gasteiger partial charge in [-0.05, 0) is 18.1 Å². The lowest BCUT2D eigenvalue weighted by Crippen LogP contribution is -2.43. The number of ether oxygens (including phenoxy) is 2. The topological polar surface area (TPSA) is 33.7 Å². The third kappa shape index (κ3) is 3.28. The summed E-state index contributed by atoms with van der Waals surface area (Å²) in [4.78, 5) is 2.46. The largest absolute Gasteiger partial charge is 0.489 e. The Morgan fingerprint density at radius 1 is 1.19 bits per heavy atom. The average Bonchev–Trinajstić information content (AvgIpc) is 2.75. The molecule has 1 saturated heterocycles. The maximum atomic E-state index is 6.43. The highest BCUT2D eigenvalue weighted by atomic mass is 35.5. The minimum Gasteiger partial charge on any atom is -0.489 e. The first-order valence-electron chi connectivity index (χ1n) is 7.82. The molecule has 3 rings (SSSR count). The number of nitrogens with zero attached hydrogens (tertiary/aromatic N) is 1. The van der Waals surface area contributed by atoms with Gasteiger partial charge in [0.05, 0.1) is 18.2 Å². The van der Waals surface area contributed by atoms with Crippen molar-refractivity contribution in [2.45, 2.75) is 26.3 Å². The summed E-state index contributed by atoms with van der Waals surface area (Å²) in [6.07, 6.45) is 1.84. The molecule has 0 bridgehead atoms. The van der Waals surface area contributed by atoms with E-state index in [1.807, 2.05) is 0 Å². The summed E-state index contributed by atoms with van der Waals surface area (Å²) < 4.78 is 11.7. The zero-order chi connectivity index (χ0) is 14.7. The second-order valence-electron chi connectivity index (χ2n) is 5.58. The first-order valence-corrected chi connectivity index (χ1v) is 8.20. The summed E-state index contributed by atoms with van der Waals surface area (Å²) in [7, 11) is 0. The third-order valence-corrected chi connectivity index (χ3v) is 4.41. The second-order valence-corrected chi connectivity index (χ2v) is 5.99. The number of hydrogen-bond donors (Lipinski definition) is 1. The van der Waals surface area contributed by atoms with Crippen LogP contribution >= 0.6 is 11.6 Å². The normalized spacial score (nSPS) is 19.3. The van der Waals surface area contributed by atoms with Gasteiger partial charge in [0.1, 0.15) is 0 Å². The van der Waals surface area contributed by atoms with Gasteiger partial charge in [0.15, 0.2) is 11.5 Å². The summed E-state index contributed by atoms with van der Waals surface area (Å²) in [6, 6.07) is 2.07. The van der Waals surface area contributed by atoms with Gasteiger partial charge in [0.25, 0.3) is 0 Å². The van der Waals surface area contributed by atoms with Gasteiger partial charge < -0.3 is 14.8 Å². The number of benzene rings is 1. The van der Waals surface area contributed by atoms with Crippen LogP contribution in [-0.2, 0) is 13.0 Å². The van der Waals surface area contributed by atoms with Gasteiger partial charge >= 0.3 is 0 Å². The van der Waals surface area contributed by atoms with Crippen LogP contribution in [0.2, 0.25) is 5.02 Å². The molecule has 1 fully saturated rings. The quantitative estimate of drug-likeness (QED) is 0.930. The van der Waals surface area contributed by atoms with E-state index in [0.717, 1.165) is 57.1 Å². The molecule has 116 valence electrons. The molecule has 1 N–H and O–H groups in total. The van der Waals surface area contributed by atoms with Crippen LogP contribution in [0.1, 0.15) is 24.5 Å². The number of halogens is 1. The van der Waals surface area contributed by atoms with Crippen molar-refractivity contribution in [1.82, 2.24) is 10.2 Å². The summed E-state index contributed by atoms with van der Waals surface area (Å²) in [6.45, 7) is 8.74. The Balaban J connectivity index is 1.92. The van der Waals surface area contributed by atoms with Crippen molar-refractivity contribution in [2.75, 3.05) is 39.4 Å². The van der Waals surface area contributed by atoms with Gasteiger partial charge in [-0.1, -0.05) is 18.5 Å². The van der Waals surface area contributed by atoms with Gasteiger partial charge in [-0.25, -0.2) is 0 Å². The molecule has 1 aromatic rings. The van der Waals surface area contributed by atoms with Gasteiger partial charge in [0, 0.05) is 44.7 Å². The van der Waals surface area contributed by atoms with Crippen molar-refractivity contribution in [2.24, 2.45) is 0 Å². The van der Waals surface area contributed by atoms with Gasteiger partial charge in [0.2, 0.25) is 0 Å². The summed E-state index contributed by atoms with van der Waals surface area (Å²) in [5.41, 5.74) is 2.52. The molecule has 0 spiro atoms. The van der Waals surface area contributed by atoms with Crippen molar-refractivity contribution in [3.8, 4) is 11.5 Å². The molecule has 0 radical (unpaired) electrons. The molecule has 0 amide bonds. The van der Waals surface area contributed by atoms with Gasteiger partial charge in [-0.3, -0.25) is 4.90 Å². The van der Waals surface area contributed by atoms with E-state index in [4.69, 9.17) is 21.1 Å². The van der Waals surface area contributed by atoms with E-state index >= 15 is 0 Å². The highest BCUT2D eigenvalue weighted by Gasteiger charge is 2.22. The van der Waals surface area contributed by atoms with Crippen LogP contribution in [0.4, 0.5) is 0 Å². The Morgan fingerprint density at radius 2 is 1.90 bits per heavy atom. The highest BCUT2D eigenvalue weighted by molar-refractivity contribution is 6.32. The van der Waals surface area contributed by atoms with Gasteiger partial charge in [-0.2, -0.15) is 0 Å². The fourth-order valence-corrected chi connectivity index (χ4v) is 3.30. The molecule has 4 nitrogen and oxygen atoms in total. The zero-order valence-corrected chi connectivity index (χ0v) is 13.3. The number of rotatable bonds is 3. The average molecular weight is 311 g/mol. The molecular formula is C16H23ClN2O2. The maximum Gasteiger partial charge on any atom is 0.180 e. The number of nitrogens with one attached hydrogen (secondary N) is 1. The van der Waals surface area contributed by atoms with Crippen LogP contribution in [0.5, 0.6) is 11.5 Å². The first-order chi connectivity index (χ1) is 10.3. The summed E-state index contributed by atoms with van der Waals surface area (Å²) in [5, 5.41) is 4.06. The molecule has 5 heteroatoms. The third-order valence-electron chi connectivity index (χ3n) is 4.12. The van der Waals surface area contributed by atoms with E-state index in [1.165, 1.54) is 11.1 Å². The van der Waals surface area contributed by atoms with Crippen LogP contribution in [-0.4, -0.2) is 44.3 Å². The Hall–Kier alpha value is -0.970. The number of piperazine rings is 1. The van der Waals surface area contributed by atoms with Crippen LogP contribution in [0.3, 0.4) is 0 Å². The number of fused-ring (bicyclic) bond motifs is 1. The molecule has 1 aromatic carbocycles. The van der Waals surface area contributed by atoms with Crippen molar-refractivity contribution < 1.29 is 9.47 Å². The molecule has 0 unspecified atom stereocenters. The van der Waals surface area contributed by atoms with Crippen LogP contribution < -0.4 is 14.8 Å². The van der Waals surface area contributed by atoms with Crippen molar-refractivity contribution in [3.63, 3.8) is 0 Å². The Labute approximate surface area is 131 Å². The van der Waals surface area contributed by atoms with Crippen molar-refractivity contribution in [1.29, 1.82) is 0 Å². The monoisotopic (exact) mass is 310 g/mol. The molecule has 2 heterocycles. The molecule has 0 aromatic heterocycles. The molecule has 21 heavy (non-hydrogen) atoms. The highest BCUT2D eigenvalue weighted by Crippen LogP contribution is 2.42. The van der Waals surface area contributed by atoms with E-state index in [0.29, 0.717) is 18.2 Å². The molecule has 0 atom stereocenters. The summed E-state index contributed by atoms with van der Waals surface area (Å²) in [5.74, 6) is 1.60. The lowest BCUT2D eigenvalue weighted by Gasteiger charge is -2.28. The van der Waals surface area contributed by atoms with E-state index in [-0.39, 0.29) is 0 Å². The minimum atomic E-state index is 0.674. The second kappa shape index (κ2) is 6.86. The van der Waals surface area contributed by atoms with Crippen LogP contribution in [0, 0.1) is 0 Å². The molecule has 0 saturated carbocycles. The Morgan fingerprint density at radius 3 is 2.62 bits per heavy atom. The lowest BCUT2D eigenvalue weighted by atomic mass is 10.0. The van der Waals surface area contributed by atoms with Gasteiger partial charge in [-0.15, -0.1) is 0 Å². The Kier molecular flexibility index (Phi) is 4.88. The molecule has 0 aliphatic carbocycles. The van der Waals surface area contributed by atoms with E-state index in [1.54, 1.807) is 0 Å². The SMILES string of the molecule is CCc1c(CN2CCNCC2)cc(Cl)c2c1OCCCO2. The summed E-state index contributed by atoms with van der Waals surface area (Å²) >= 11 is 6.43. The van der Waals surface area contributed by atoms with Crippen molar-refractivity contribution in [3.05, 3.63) is 22.2 Å². The predicted octanol–water partition coefficient (Wildman–Crippen LogP) is 2.47. The lowest BCUT2D eigenvalue weighted by molar-refractivity contribution is 0.232. The molecule has 2 aliphatic rings. The zero-order valence-electron chi connectivity index (χ0n) is 12.6. The van der Waals surface area contributed by atoms with Crippen LogP contribution in [0.15, 0.2) is 6.07 Å². The predicted molar refractivity (Wildman–Crippen MR) is 84.6 cm³/mol. The molecular weight excluding hydrogens is 288 g/mol. The maximum absolute atomic E-state index is 6.43. The van der Waals surface area contributed by atoms with E-state index in [2.05, 4.69) is 23.2 Å². The smallest absolute Gasteiger partial charge is 0.180 e. The van der Waals surface area contributed by atoms with E-state index in [9.17, 15) is 0 Å². The fraction of sp³-hybridized carbons (Fsp3) is 0.625. The minimum absolute atomic E-state index is 0.674. The van der Waals surface area contributed by atoms with Crippen LogP contribution in [0.25, 0.3) is 0 Å².